The average molecular weight is 252 g/mol. The maximum atomic E-state index is 12.5. The second-order valence-corrected chi connectivity index (χ2v) is 4.38. The predicted molar refractivity (Wildman–Crippen MR) is 71.2 cm³/mol. The topological polar surface area (TPSA) is 56.0 Å². The van der Waals surface area contributed by atoms with E-state index < -0.39 is 0 Å². The van der Waals surface area contributed by atoms with E-state index in [0.717, 1.165) is 11.3 Å². The molecule has 4 heteroatoms. The largest absolute Gasteiger partial charge is 0.443 e. The molecule has 2 heterocycles. The van der Waals surface area contributed by atoms with Crippen LogP contribution in [-0.2, 0) is 0 Å². The molecular weight excluding hydrogens is 240 g/mol. The van der Waals surface area contributed by atoms with Gasteiger partial charge in [-0.05, 0) is 13.8 Å². The predicted octanol–water partition coefficient (Wildman–Crippen LogP) is 3.07. The van der Waals surface area contributed by atoms with Crippen LogP contribution in [0, 0.1) is 13.8 Å². The van der Waals surface area contributed by atoms with Crippen molar-refractivity contribution in [2.75, 3.05) is 0 Å². The first-order chi connectivity index (χ1) is 9.18. The number of carbonyl (C=O) groups excluding carboxylic acids is 1. The highest BCUT2D eigenvalue weighted by Crippen LogP contribution is 2.26. The van der Waals surface area contributed by atoms with Gasteiger partial charge in [0.05, 0.1) is 5.39 Å². The van der Waals surface area contributed by atoms with Gasteiger partial charge in [-0.15, -0.1) is 0 Å². The molecule has 0 aliphatic heterocycles. The number of nitrogens with zero attached hydrogens (tertiary/aromatic N) is 2. The molecule has 4 nitrogen and oxygen atoms in total. The molecule has 0 radical (unpaired) electrons. The van der Waals surface area contributed by atoms with Gasteiger partial charge in [0.2, 0.25) is 11.5 Å². The highest BCUT2D eigenvalue weighted by molar-refractivity contribution is 6.14. The fourth-order valence-corrected chi connectivity index (χ4v) is 2.08. The molecule has 0 saturated carbocycles. The fourth-order valence-electron chi connectivity index (χ4n) is 2.08. The van der Waals surface area contributed by atoms with Gasteiger partial charge in [0.25, 0.3) is 0 Å². The van der Waals surface area contributed by atoms with Gasteiger partial charge in [-0.3, -0.25) is 4.79 Å². The number of fused-ring (bicyclic) bond motifs is 1. The molecule has 0 spiro atoms. The number of benzene rings is 1. The Kier molecular flexibility index (Phi) is 2.63. The average Bonchev–Trinajstić information content (AvgIpc) is 2.74. The van der Waals surface area contributed by atoms with Gasteiger partial charge >= 0.3 is 0 Å². The van der Waals surface area contributed by atoms with Crippen molar-refractivity contribution in [2.45, 2.75) is 13.8 Å². The summed E-state index contributed by atoms with van der Waals surface area (Å²) in [5.74, 6) is 0.648. The number of hydrogen-bond donors (Lipinski definition) is 0. The molecule has 0 atom stereocenters. The molecule has 0 aliphatic rings. The molecule has 2 aromatic heterocycles. The number of hydrogen-bond acceptors (Lipinski definition) is 4. The Labute approximate surface area is 110 Å². The zero-order valence-electron chi connectivity index (χ0n) is 10.7. The van der Waals surface area contributed by atoms with Gasteiger partial charge in [-0.25, -0.2) is 9.97 Å². The van der Waals surface area contributed by atoms with E-state index >= 15 is 0 Å². The normalized spacial score (nSPS) is 10.8. The first-order valence-electron chi connectivity index (χ1n) is 5.99. The van der Waals surface area contributed by atoms with E-state index in [9.17, 15) is 4.79 Å². The molecule has 94 valence electrons. The summed E-state index contributed by atoms with van der Waals surface area (Å²) in [5, 5.41) is 0.703. The van der Waals surface area contributed by atoms with Crippen LogP contribution in [0.15, 0.2) is 41.1 Å². The third kappa shape index (κ3) is 1.81. The molecule has 19 heavy (non-hydrogen) atoms. The number of ketones is 1. The summed E-state index contributed by atoms with van der Waals surface area (Å²) in [4.78, 5) is 20.7. The molecule has 3 aromatic rings. The Morgan fingerprint density at radius 1 is 1.11 bits per heavy atom. The first-order valence-corrected chi connectivity index (χ1v) is 5.99. The highest BCUT2D eigenvalue weighted by atomic mass is 16.3. The Bertz CT molecular complexity index is 760. The van der Waals surface area contributed by atoms with Crippen molar-refractivity contribution < 1.29 is 9.21 Å². The van der Waals surface area contributed by atoms with E-state index in [-0.39, 0.29) is 5.78 Å². The van der Waals surface area contributed by atoms with E-state index in [4.69, 9.17) is 4.42 Å². The molecule has 3 rings (SSSR count). The van der Waals surface area contributed by atoms with Gasteiger partial charge in [0, 0.05) is 11.1 Å². The summed E-state index contributed by atoms with van der Waals surface area (Å²) >= 11 is 0. The molecule has 0 fully saturated rings. The maximum absolute atomic E-state index is 12.5. The van der Waals surface area contributed by atoms with E-state index in [1.165, 1.54) is 6.33 Å². The van der Waals surface area contributed by atoms with Crippen LogP contribution in [0.2, 0.25) is 0 Å². The summed E-state index contributed by atoms with van der Waals surface area (Å²) in [5.41, 5.74) is 2.38. The van der Waals surface area contributed by atoms with Crippen LogP contribution >= 0.6 is 0 Å². The van der Waals surface area contributed by atoms with Crippen molar-refractivity contribution in [3.63, 3.8) is 0 Å². The van der Waals surface area contributed by atoms with E-state index in [1.54, 1.807) is 12.1 Å². The zero-order valence-corrected chi connectivity index (χ0v) is 10.7. The zero-order chi connectivity index (χ0) is 13.4. The second kappa shape index (κ2) is 4.31. The minimum absolute atomic E-state index is 0.114. The quantitative estimate of drug-likeness (QED) is 0.658. The van der Waals surface area contributed by atoms with Crippen molar-refractivity contribution in [3.8, 4) is 0 Å². The van der Waals surface area contributed by atoms with Crippen LogP contribution in [-0.4, -0.2) is 15.8 Å². The number of aryl methyl sites for hydroxylation is 2. The second-order valence-electron chi connectivity index (χ2n) is 4.38. The summed E-state index contributed by atoms with van der Waals surface area (Å²) < 4.78 is 5.52. The Balaban J connectivity index is 2.23. The summed E-state index contributed by atoms with van der Waals surface area (Å²) in [6.45, 7) is 3.76. The highest BCUT2D eigenvalue weighted by Gasteiger charge is 2.19. The standard InChI is InChI=1S/C15H12N2O2/c1-9-10(2)19-15-12(9)13(16-8-17-15)14(18)11-6-4-3-5-7-11/h3-8H,1-2H3. The molecule has 0 amide bonds. The summed E-state index contributed by atoms with van der Waals surface area (Å²) in [6, 6.07) is 9.09. The van der Waals surface area contributed by atoms with Crippen LogP contribution in [0.1, 0.15) is 27.4 Å². The van der Waals surface area contributed by atoms with Crippen LogP contribution in [0.25, 0.3) is 11.1 Å². The molecule has 1 aromatic carbocycles. The lowest BCUT2D eigenvalue weighted by atomic mass is 10.0. The fraction of sp³-hybridized carbons (Fsp3) is 0.133. The van der Waals surface area contributed by atoms with E-state index in [0.29, 0.717) is 22.4 Å². The van der Waals surface area contributed by atoms with Crippen molar-refractivity contribution in [2.24, 2.45) is 0 Å². The minimum atomic E-state index is -0.114. The lowest BCUT2D eigenvalue weighted by Gasteiger charge is -2.01. The molecule has 0 N–H and O–H groups in total. The molecule has 0 unspecified atom stereocenters. The Morgan fingerprint density at radius 3 is 2.58 bits per heavy atom. The lowest BCUT2D eigenvalue weighted by molar-refractivity contribution is 0.103. The number of rotatable bonds is 2. The van der Waals surface area contributed by atoms with Gasteiger partial charge in [-0.1, -0.05) is 30.3 Å². The number of aromatic nitrogens is 2. The molecule has 0 saturated heterocycles. The number of carbonyl (C=O) groups is 1. The van der Waals surface area contributed by atoms with Gasteiger partial charge < -0.3 is 4.42 Å². The van der Waals surface area contributed by atoms with Gasteiger partial charge in [0.15, 0.2) is 0 Å². The van der Waals surface area contributed by atoms with Gasteiger partial charge in [-0.2, -0.15) is 0 Å². The maximum Gasteiger partial charge on any atom is 0.230 e. The lowest BCUT2D eigenvalue weighted by Crippen LogP contribution is -2.05. The van der Waals surface area contributed by atoms with Crippen LogP contribution in [0.5, 0.6) is 0 Å². The van der Waals surface area contributed by atoms with Crippen molar-refractivity contribution in [1.82, 2.24) is 9.97 Å². The van der Waals surface area contributed by atoms with Crippen LogP contribution in [0.4, 0.5) is 0 Å². The van der Waals surface area contributed by atoms with Crippen molar-refractivity contribution in [1.29, 1.82) is 0 Å². The molecular formula is C15H12N2O2. The smallest absolute Gasteiger partial charge is 0.230 e. The summed E-state index contributed by atoms with van der Waals surface area (Å²) in [6.07, 6.45) is 1.36. The van der Waals surface area contributed by atoms with Crippen molar-refractivity contribution >= 4 is 16.9 Å². The Hall–Kier alpha value is -2.49. The van der Waals surface area contributed by atoms with E-state index in [1.807, 2.05) is 32.0 Å². The Morgan fingerprint density at radius 2 is 1.84 bits per heavy atom. The van der Waals surface area contributed by atoms with Crippen LogP contribution in [0.3, 0.4) is 0 Å². The molecule has 0 bridgehead atoms. The minimum Gasteiger partial charge on any atom is -0.443 e. The first kappa shape index (κ1) is 11.6. The van der Waals surface area contributed by atoms with Gasteiger partial charge in [0.1, 0.15) is 17.8 Å². The van der Waals surface area contributed by atoms with Crippen LogP contribution < -0.4 is 0 Å². The monoisotopic (exact) mass is 252 g/mol. The van der Waals surface area contributed by atoms with Crippen molar-refractivity contribution in [3.05, 3.63) is 59.2 Å². The number of furan rings is 1. The summed E-state index contributed by atoms with van der Waals surface area (Å²) in [7, 11) is 0. The van der Waals surface area contributed by atoms with E-state index in [2.05, 4.69) is 9.97 Å². The molecule has 0 aliphatic carbocycles. The third-order valence-electron chi connectivity index (χ3n) is 3.22. The SMILES string of the molecule is Cc1oc2ncnc(C(=O)c3ccccc3)c2c1C. The third-order valence-corrected chi connectivity index (χ3v) is 3.22.